The Morgan fingerprint density at radius 3 is 2.71 bits per heavy atom. The van der Waals surface area contributed by atoms with Gasteiger partial charge in [0.1, 0.15) is 23.9 Å². The molecule has 6 heteroatoms. The molecule has 0 aliphatic rings. The Labute approximate surface area is 130 Å². The van der Waals surface area contributed by atoms with Crippen LogP contribution >= 0.6 is 15.9 Å². The second kappa shape index (κ2) is 6.46. The first-order valence-electron chi connectivity index (χ1n) is 5.99. The Balaban J connectivity index is 2.24. The Bertz CT molecular complexity index is 714. The van der Waals surface area contributed by atoms with E-state index in [0.29, 0.717) is 22.6 Å². The normalized spacial score (nSPS) is 10.0. The van der Waals surface area contributed by atoms with E-state index in [1.165, 1.54) is 19.2 Å². The summed E-state index contributed by atoms with van der Waals surface area (Å²) in [5, 5.41) is 8.92. The molecule has 0 saturated heterocycles. The molecule has 0 spiro atoms. The summed E-state index contributed by atoms with van der Waals surface area (Å²) in [6.07, 6.45) is 0. The van der Waals surface area contributed by atoms with Gasteiger partial charge in [-0.05, 0) is 40.2 Å². The van der Waals surface area contributed by atoms with Crippen molar-refractivity contribution in [3.05, 3.63) is 51.7 Å². The fourth-order valence-corrected chi connectivity index (χ4v) is 2.15. The number of halogens is 2. The molecule has 0 aromatic heterocycles. The SMILES string of the molecule is COc1ccc(C#N)cc1COc1cc(F)c(Br)cc1N. The number of hydrogen-bond acceptors (Lipinski definition) is 4. The van der Waals surface area contributed by atoms with Crippen LogP contribution in [0.25, 0.3) is 0 Å². The molecule has 4 nitrogen and oxygen atoms in total. The Hall–Kier alpha value is -2.26. The van der Waals surface area contributed by atoms with Crippen molar-refractivity contribution >= 4 is 21.6 Å². The average Bonchev–Trinajstić information content (AvgIpc) is 2.49. The monoisotopic (exact) mass is 350 g/mol. The zero-order valence-electron chi connectivity index (χ0n) is 11.2. The first kappa shape index (κ1) is 15.1. The smallest absolute Gasteiger partial charge is 0.145 e. The number of nitrogen functional groups attached to an aromatic ring is 1. The molecule has 0 amide bonds. The number of anilines is 1. The predicted molar refractivity (Wildman–Crippen MR) is 80.6 cm³/mol. The molecule has 21 heavy (non-hydrogen) atoms. The van der Waals surface area contributed by atoms with Gasteiger partial charge in [0.05, 0.1) is 28.9 Å². The largest absolute Gasteiger partial charge is 0.496 e. The van der Waals surface area contributed by atoms with Crippen LogP contribution < -0.4 is 15.2 Å². The summed E-state index contributed by atoms with van der Waals surface area (Å²) in [4.78, 5) is 0. The highest BCUT2D eigenvalue weighted by Crippen LogP contribution is 2.30. The van der Waals surface area contributed by atoms with E-state index in [-0.39, 0.29) is 16.8 Å². The van der Waals surface area contributed by atoms with Crippen molar-refractivity contribution in [3.63, 3.8) is 0 Å². The molecule has 0 saturated carbocycles. The van der Waals surface area contributed by atoms with E-state index < -0.39 is 5.82 Å². The van der Waals surface area contributed by atoms with Crippen molar-refractivity contribution in [1.29, 1.82) is 5.26 Å². The summed E-state index contributed by atoms with van der Waals surface area (Å²) in [7, 11) is 1.53. The molecule has 0 radical (unpaired) electrons. The standard InChI is InChI=1S/C15H12BrFN2O2/c1-20-14-3-2-9(7-18)4-10(14)8-21-15-6-12(17)11(16)5-13(15)19/h2-6H,8,19H2,1H3. The number of nitriles is 1. The zero-order valence-corrected chi connectivity index (χ0v) is 12.8. The third-order valence-electron chi connectivity index (χ3n) is 2.85. The number of nitrogens with two attached hydrogens (primary N) is 1. The van der Waals surface area contributed by atoms with Gasteiger partial charge in [-0.25, -0.2) is 4.39 Å². The lowest BCUT2D eigenvalue weighted by molar-refractivity contribution is 0.296. The number of benzene rings is 2. The number of hydrogen-bond donors (Lipinski definition) is 1. The molecule has 0 aliphatic carbocycles. The third kappa shape index (κ3) is 3.44. The van der Waals surface area contributed by atoms with Crippen LogP contribution in [0.5, 0.6) is 11.5 Å². The maximum absolute atomic E-state index is 13.5. The van der Waals surface area contributed by atoms with Gasteiger partial charge in [-0.15, -0.1) is 0 Å². The highest BCUT2D eigenvalue weighted by Gasteiger charge is 2.10. The topological polar surface area (TPSA) is 68.3 Å². The summed E-state index contributed by atoms with van der Waals surface area (Å²) < 4.78 is 24.5. The number of methoxy groups -OCH3 is 1. The average molecular weight is 351 g/mol. The first-order valence-corrected chi connectivity index (χ1v) is 6.78. The first-order chi connectivity index (χ1) is 10.0. The molecule has 0 unspecified atom stereocenters. The third-order valence-corrected chi connectivity index (χ3v) is 3.45. The van der Waals surface area contributed by atoms with Crippen molar-refractivity contribution in [1.82, 2.24) is 0 Å². The summed E-state index contributed by atoms with van der Waals surface area (Å²) in [5.41, 5.74) is 7.26. The summed E-state index contributed by atoms with van der Waals surface area (Å²) in [6.45, 7) is 0.115. The molecule has 2 aromatic rings. The highest BCUT2D eigenvalue weighted by atomic mass is 79.9. The quantitative estimate of drug-likeness (QED) is 0.854. The fourth-order valence-electron chi connectivity index (χ4n) is 1.79. The highest BCUT2D eigenvalue weighted by molar-refractivity contribution is 9.10. The van der Waals surface area contributed by atoms with Gasteiger partial charge >= 0.3 is 0 Å². The Kier molecular flexibility index (Phi) is 4.66. The lowest BCUT2D eigenvalue weighted by atomic mass is 10.1. The van der Waals surface area contributed by atoms with Gasteiger partial charge < -0.3 is 15.2 Å². The molecule has 108 valence electrons. The summed E-state index contributed by atoms with van der Waals surface area (Å²) in [5.74, 6) is 0.363. The van der Waals surface area contributed by atoms with Gasteiger partial charge in [-0.3, -0.25) is 0 Å². The molecule has 0 fully saturated rings. The van der Waals surface area contributed by atoms with Gasteiger partial charge in [-0.2, -0.15) is 5.26 Å². The van der Waals surface area contributed by atoms with Gasteiger partial charge in [-0.1, -0.05) is 0 Å². The van der Waals surface area contributed by atoms with Crippen LogP contribution in [-0.4, -0.2) is 7.11 Å². The molecular formula is C15H12BrFN2O2. The van der Waals surface area contributed by atoms with Crippen LogP contribution in [-0.2, 0) is 6.61 Å². The van der Waals surface area contributed by atoms with Gasteiger partial charge in [0, 0.05) is 11.6 Å². The van der Waals surface area contributed by atoms with E-state index in [1.807, 2.05) is 6.07 Å². The maximum Gasteiger partial charge on any atom is 0.145 e. The van der Waals surface area contributed by atoms with E-state index in [0.717, 1.165) is 0 Å². The second-order valence-electron chi connectivity index (χ2n) is 4.23. The van der Waals surface area contributed by atoms with Crippen LogP contribution in [0.2, 0.25) is 0 Å². The summed E-state index contributed by atoms with van der Waals surface area (Å²) >= 11 is 3.05. The summed E-state index contributed by atoms with van der Waals surface area (Å²) in [6, 6.07) is 9.68. The molecule has 0 bridgehead atoms. The predicted octanol–water partition coefficient (Wildman–Crippen LogP) is 3.63. The van der Waals surface area contributed by atoms with Gasteiger partial charge in [0.2, 0.25) is 0 Å². The zero-order chi connectivity index (χ0) is 15.4. The molecule has 0 aliphatic heterocycles. The minimum atomic E-state index is -0.461. The Morgan fingerprint density at radius 2 is 2.05 bits per heavy atom. The van der Waals surface area contributed by atoms with Gasteiger partial charge in [0.15, 0.2) is 0 Å². The van der Waals surface area contributed by atoms with Gasteiger partial charge in [0.25, 0.3) is 0 Å². The van der Waals surface area contributed by atoms with Crippen molar-refractivity contribution in [3.8, 4) is 17.6 Å². The second-order valence-corrected chi connectivity index (χ2v) is 5.09. The molecule has 2 N–H and O–H groups in total. The molecule has 2 aromatic carbocycles. The minimum Gasteiger partial charge on any atom is -0.496 e. The van der Waals surface area contributed by atoms with Crippen LogP contribution in [0.1, 0.15) is 11.1 Å². The van der Waals surface area contributed by atoms with E-state index in [9.17, 15) is 4.39 Å². The van der Waals surface area contributed by atoms with Crippen molar-refractivity contribution in [2.75, 3.05) is 12.8 Å². The number of ether oxygens (including phenoxy) is 2. The van der Waals surface area contributed by atoms with Crippen LogP contribution in [0.15, 0.2) is 34.8 Å². The molecular weight excluding hydrogens is 339 g/mol. The molecule has 0 atom stereocenters. The minimum absolute atomic E-state index is 0.115. The molecule has 2 rings (SSSR count). The van der Waals surface area contributed by atoms with E-state index in [2.05, 4.69) is 15.9 Å². The fraction of sp³-hybridized carbons (Fsp3) is 0.133. The van der Waals surface area contributed by atoms with E-state index in [4.69, 9.17) is 20.5 Å². The van der Waals surface area contributed by atoms with Crippen LogP contribution in [0, 0.1) is 17.1 Å². The van der Waals surface area contributed by atoms with Crippen molar-refractivity contribution < 1.29 is 13.9 Å². The number of nitrogens with zero attached hydrogens (tertiary/aromatic N) is 1. The lowest BCUT2D eigenvalue weighted by Crippen LogP contribution is -2.02. The Morgan fingerprint density at radius 1 is 1.29 bits per heavy atom. The number of rotatable bonds is 4. The van der Waals surface area contributed by atoms with Crippen LogP contribution in [0.4, 0.5) is 10.1 Å². The van der Waals surface area contributed by atoms with Crippen molar-refractivity contribution in [2.45, 2.75) is 6.61 Å². The van der Waals surface area contributed by atoms with E-state index in [1.54, 1.807) is 18.2 Å². The molecule has 0 heterocycles. The van der Waals surface area contributed by atoms with Crippen LogP contribution in [0.3, 0.4) is 0 Å². The van der Waals surface area contributed by atoms with E-state index >= 15 is 0 Å². The lowest BCUT2D eigenvalue weighted by Gasteiger charge is -2.12. The maximum atomic E-state index is 13.5. The van der Waals surface area contributed by atoms with Crippen molar-refractivity contribution in [2.24, 2.45) is 0 Å².